The smallest absolute Gasteiger partial charge is 0.141 e. The number of rotatable bonds is 5. The number of hydrogen-bond donors (Lipinski definition) is 1. The van der Waals surface area contributed by atoms with E-state index >= 15 is 0 Å². The van der Waals surface area contributed by atoms with Gasteiger partial charge in [-0.1, -0.05) is 6.42 Å². The van der Waals surface area contributed by atoms with Gasteiger partial charge in [0, 0.05) is 12.6 Å². The normalized spacial score (nSPS) is 18.1. The zero-order valence-electron chi connectivity index (χ0n) is 10.1. The molecule has 1 fully saturated rings. The van der Waals surface area contributed by atoms with Crippen LogP contribution in [0.4, 0.5) is 4.39 Å². The maximum absolute atomic E-state index is 12.7. The van der Waals surface area contributed by atoms with Crippen LogP contribution in [0.15, 0.2) is 18.3 Å². The fourth-order valence-electron chi connectivity index (χ4n) is 2.07. The Morgan fingerprint density at radius 1 is 1.53 bits per heavy atom. The minimum atomic E-state index is -0.599. The molecule has 0 aliphatic heterocycles. The van der Waals surface area contributed by atoms with Crippen molar-refractivity contribution >= 4 is 0 Å². The van der Waals surface area contributed by atoms with Gasteiger partial charge >= 0.3 is 0 Å². The van der Waals surface area contributed by atoms with Crippen LogP contribution in [0.5, 0.6) is 0 Å². The lowest BCUT2D eigenvalue weighted by molar-refractivity contribution is 0.110. The monoisotopic (exact) mass is 238 g/mol. The standard InChI is InChI=1S/C13H19FN2O/c1-16(11-3-2-4-11)8-7-13(17)12-6-5-10(14)9-15-12/h5-6,9,11,13,17H,2-4,7-8H2,1H3. The summed E-state index contributed by atoms with van der Waals surface area (Å²) in [6, 6.07) is 3.56. The highest BCUT2D eigenvalue weighted by molar-refractivity contribution is 5.07. The second kappa shape index (κ2) is 5.56. The molecule has 1 aliphatic carbocycles. The minimum absolute atomic E-state index is 0.368. The van der Waals surface area contributed by atoms with Crippen LogP contribution in [0.2, 0.25) is 0 Å². The van der Waals surface area contributed by atoms with Crippen molar-refractivity contribution in [1.29, 1.82) is 0 Å². The highest BCUT2D eigenvalue weighted by Gasteiger charge is 2.22. The van der Waals surface area contributed by atoms with Crippen LogP contribution in [0.1, 0.15) is 37.5 Å². The van der Waals surface area contributed by atoms with Crippen LogP contribution in [-0.2, 0) is 0 Å². The predicted molar refractivity (Wildman–Crippen MR) is 64.0 cm³/mol. The Labute approximate surface area is 101 Å². The van der Waals surface area contributed by atoms with Crippen LogP contribution < -0.4 is 0 Å². The molecule has 2 rings (SSSR count). The Kier molecular flexibility index (Phi) is 4.07. The first-order chi connectivity index (χ1) is 8.16. The average Bonchev–Trinajstić information content (AvgIpc) is 2.24. The Morgan fingerprint density at radius 3 is 2.82 bits per heavy atom. The molecule has 0 radical (unpaired) electrons. The molecule has 1 aromatic heterocycles. The van der Waals surface area contributed by atoms with E-state index in [4.69, 9.17) is 0 Å². The molecule has 1 unspecified atom stereocenters. The van der Waals surface area contributed by atoms with E-state index in [2.05, 4.69) is 16.9 Å². The molecule has 17 heavy (non-hydrogen) atoms. The topological polar surface area (TPSA) is 36.4 Å². The summed E-state index contributed by atoms with van der Waals surface area (Å²) in [6.07, 6.45) is 5.04. The molecule has 0 bridgehead atoms. The van der Waals surface area contributed by atoms with E-state index < -0.39 is 6.10 Å². The van der Waals surface area contributed by atoms with Gasteiger partial charge in [-0.25, -0.2) is 4.39 Å². The summed E-state index contributed by atoms with van der Waals surface area (Å²) in [4.78, 5) is 6.18. The Bertz CT molecular complexity index is 351. The number of aliphatic hydroxyl groups excluding tert-OH is 1. The minimum Gasteiger partial charge on any atom is -0.387 e. The number of aliphatic hydroxyl groups is 1. The molecule has 1 heterocycles. The molecular weight excluding hydrogens is 219 g/mol. The summed E-state index contributed by atoms with van der Waals surface area (Å²) in [7, 11) is 2.09. The molecule has 0 amide bonds. The first-order valence-corrected chi connectivity index (χ1v) is 6.16. The number of hydrogen-bond acceptors (Lipinski definition) is 3. The molecular formula is C13H19FN2O. The molecule has 1 aromatic rings. The van der Waals surface area contributed by atoms with Gasteiger partial charge in [0.2, 0.25) is 0 Å². The lowest BCUT2D eigenvalue weighted by atomic mass is 9.91. The first-order valence-electron chi connectivity index (χ1n) is 6.16. The van der Waals surface area contributed by atoms with Gasteiger partial charge in [-0.3, -0.25) is 4.98 Å². The summed E-state index contributed by atoms with van der Waals surface area (Å²) < 4.78 is 12.7. The van der Waals surface area contributed by atoms with Crippen LogP contribution in [0.25, 0.3) is 0 Å². The van der Waals surface area contributed by atoms with Gasteiger partial charge in [-0.15, -0.1) is 0 Å². The first kappa shape index (κ1) is 12.5. The van der Waals surface area contributed by atoms with Crippen LogP contribution in [-0.4, -0.2) is 34.6 Å². The SMILES string of the molecule is CN(CCC(O)c1ccc(F)cn1)C1CCC1. The Morgan fingerprint density at radius 2 is 2.29 bits per heavy atom. The molecule has 4 heteroatoms. The van der Waals surface area contributed by atoms with Gasteiger partial charge in [0.15, 0.2) is 0 Å². The number of halogens is 1. The van der Waals surface area contributed by atoms with E-state index in [1.165, 1.54) is 25.3 Å². The van der Waals surface area contributed by atoms with E-state index in [0.29, 0.717) is 18.2 Å². The molecule has 0 aromatic carbocycles. The summed E-state index contributed by atoms with van der Waals surface area (Å²) >= 11 is 0. The fourth-order valence-corrected chi connectivity index (χ4v) is 2.07. The zero-order valence-corrected chi connectivity index (χ0v) is 10.1. The predicted octanol–water partition coefficient (Wildman–Crippen LogP) is 2.13. The summed E-state index contributed by atoms with van der Waals surface area (Å²) in [5.41, 5.74) is 0.549. The van der Waals surface area contributed by atoms with Crippen molar-refractivity contribution in [1.82, 2.24) is 9.88 Å². The molecule has 94 valence electrons. The van der Waals surface area contributed by atoms with Crippen LogP contribution in [0.3, 0.4) is 0 Å². The molecule has 1 N–H and O–H groups in total. The van der Waals surface area contributed by atoms with Crippen molar-refractivity contribution in [3.63, 3.8) is 0 Å². The lowest BCUT2D eigenvalue weighted by Crippen LogP contribution is -2.38. The second-order valence-electron chi connectivity index (χ2n) is 4.77. The van der Waals surface area contributed by atoms with Crippen molar-refractivity contribution in [2.45, 2.75) is 37.8 Å². The van der Waals surface area contributed by atoms with Gasteiger partial charge in [0.1, 0.15) is 5.82 Å². The van der Waals surface area contributed by atoms with Gasteiger partial charge in [0.25, 0.3) is 0 Å². The van der Waals surface area contributed by atoms with Crippen molar-refractivity contribution in [3.8, 4) is 0 Å². The Hall–Kier alpha value is -1.00. The highest BCUT2D eigenvalue weighted by Crippen LogP contribution is 2.24. The lowest BCUT2D eigenvalue weighted by Gasteiger charge is -2.35. The molecule has 0 saturated heterocycles. The van der Waals surface area contributed by atoms with Crippen LogP contribution in [0, 0.1) is 5.82 Å². The van der Waals surface area contributed by atoms with Gasteiger partial charge in [-0.05, 0) is 38.4 Å². The third-order valence-electron chi connectivity index (χ3n) is 3.54. The van der Waals surface area contributed by atoms with E-state index in [1.54, 1.807) is 6.07 Å². The molecule has 1 saturated carbocycles. The van der Waals surface area contributed by atoms with Crippen molar-refractivity contribution in [2.75, 3.05) is 13.6 Å². The highest BCUT2D eigenvalue weighted by atomic mass is 19.1. The third kappa shape index (κ3) is 3.23. The van der Waals surface area contributed by atoms with E-state index in [-0.39, 0.29) is 5.82 Å². The quantitative estimate of drug-likeness (QED) is 0.853. The van der Waals surface area contributed by atoms with E-state index in [9.17, 15) is 9.50 Å². The number of pyridine rings is 1. The number of aromatic nitrogens is 1. The summed E-state index contributed by atoms with van der Waals surface area (Å²) in [5, 5.41) is 9.92. The van der Waals surface area contributed by atoms with E-state index in [1.807, 2.05) is 0 Å². The molecule has 3 nitrogen and oxygen atoms in total. The molecule has 1 aliphatic rings. The summed E-state index contributed by atoms with van der Waals surface area (Å²) in [5.74, 6) is -0.368. The maximum atomic E-state index is 12.7. The Balaban J connectivity index is 1.80. The summed E-state index contributed by atoms with van der Waals surface area (Å²) in [6.45, 7) is 0.852. The van der Waals surface area contributed by atoms with Crippen molar-refractivity contribution < 1.29 is 9.50 Å². The maximum Gasteiger partial charge on any atom is 0.141 e. The fraction of sp³-hybridized carbons (Fsp3) is 0.615. The average molecular weight is 238 g/mol. The molecule has 1 atom stereocenters. The van der Waals surface area contributed by atoms with Gasteiger partial charge < -0.3 is 10.0 Å². The third-order valence-corrected chi connectivity index (χ3v) is 3.54. The number of nitrogens with zero attached hydrogens (tertiary/aromatic N) is 2. The second-order valence-corrected chi connectivity index (χ2v) is 4.77. The van der Waals surface area contributed by atoms with Crippen molar-refractivity contribution in [3.05, 3.63) is 29.8 Å². The van der Waals surface area contributed by atoms with Crippen LogP contribution >= 0.6 is 0 Å². The zero-order chi connectivity index (χ0) is 12.3. The largest absolute Gasteiger partial charge is 0.387 e. The molecule has 0 spiro atoms. The van der Waals surface area contributed by atoms with Gasteiger partial charge in [0.05, 0.1) is 18.0 Å². The van der Waals surface area contributed by atoms with E-state index in [0.717, 1.165) is 12.7 Å². The van der Waals surface area contributed by atoms with Crippen molar-refractivity contribution in [2.24, 2.45) is 0 Å². The van der Waals surface area contributed by atoms with Gasteiger partial charge in [-0.2, -0.15) is 0 Å².